The molecule has 0 aromatic heterocycles. The Bertz CT molecular complexity index is 408. The minimum atomic E-state index is 0.00514. The summed E-state index contributed by atoms with van der Waals surface area (Å²) in [5.41, 5.74) is 0.860. The van der Waals surface area contributed by atoms with Crippen molar-refractivity contribution in [3.8, 4) is 0 Å². The van der Waals surface area contributed by atoms with Gasteiger partial charge in [-0.2, -0.15) is 0 Å². The summed E-state index contributed by atoms with van der Waals surface area (Å²) in [5, 5.41) is 6.71. The fourth-order valence-corrected chi connectivity index (χ4v) is 2.40. The highest BCUT2D eigenvalue weighted by Gasteiger charge is 2.08. The zero-order chi connectivity index (χ0) is 13.5. The van der Waals surface area contributed by atoms with Crippen molar-refractivity contribution in [2.45, 2.75) is 32.7 Å². The molecule has 0 aliphatic heterocycles. The second kappa shape index (κ2) is 7.64. The number of anilines is 1. The van der Waals surface area contributed by atoms with Crippen LogP contribution in [0.15, 0.2) is 22.7 Å². The molecule has 0 unspecified atom stereocenters. The number of hydrogen-bond donors (Lipinski definition) is 2. The van der Waals surface area contributed by atoms with E-state index in [1.165, 1.54) is 0 Å². The molecule has 2 N–H and O–H groups in total. The van der Waals surface area contributed by atoms with Crippen LogP contribution < -0.4 is 10.6 Å². The van der Waals surface area contributed by atoms with Gasteiger partial charge in [0.1, 0.15) is 0 Å². The van der Waals surface area contributed by atoms with E-state index in [-0.39, 0.29) is 18.5 Å². The molecule has 3 nitrogen and oxygen atoms in total. The fourth-order valence-electron chi connectivity index (χ4n) is 1.58. The Hall–Kier alpha value is -0.740. The van der Waals surface area contributed by atoms with Gasteiger partial charge in [0, 0.05) is 21.2 Å². The summed E-state index contributed by atoms with van der Waals surface area (Å²) in [6, 6.07) is 5.68. The molecule has 1 aromatic rings. The average molecular weight is 334 g/mol. The Morgan fingerprint density at radius 2 is 2.06 bits per heavy atom. The second-order valence-electron chi connectivity index (χ2n) is 4.06. The Morgan fingerprint density at radius 3 is 2.61 bits per heavy atom. The molecular formula is C13H18BrClN2O. The molecule has 0 spiro atoms. The SMILES string of the molecule is CCC(CC)NC(=O)CNc1ccc(Cl)cc1Br. The van der Waals surface area contributed by atoms with Gasteiger partial charge in [-0.1, -0.05) is 25.4 Å². The topological polar surface area (TPSA) is 41.1 Å². The largest absolute Gasteiger partial charge is 0.375 e. The minimum Gasteiger partial charge on any atom is -0.375 e. The molecule has 100 valence electrons. The first kappa shape index (κ1) is 15.3. The van der Waals surface area contributed by atoms with Gasteiger partial charge in [-0.3, -0.25) is 4.79 Å². The lowest BCUT2D eigenvalue weighted by atomic mass is 10.2. The van der Waals surface area contributed by atoms with Gasteiger partial charge in [-0.05, 0) is 47.0 Å². The Balaban J connectivity index is 2.47. The predicted octanol–water partition coefficient (Wildman–Crippen LogP) is 3.82. The number of nitrogens with one attached hydrogen (secondary N) is 2. The number of rotatable bonds is 6. The van der Waals surface area contributed by atoms with Gasteiger partial charge in [-0.15, -0.1) is 0 Å². The van der Waals surface area contributed by atoms with E-state index < -0.39 is 0 Å². The van der Waals surface area contributed by atoms with Gasteiger partial charge in [0.2, 0.25) is 5.91 Å². The Morgan fingerprint density at radius 1 is 1.39 bits per heavy atom. The van der Waals surface area contributed by atoms with Crippen LogP contribution in [0.4, 0.5) is 5.69 Å². The van der Waals surface area contributed by atoms with Crippen molar-refractivity contribution in [2.75, 3.05) is 11.9 Å². The third-order valence-electron chi connectivity index (χ3n) is 2.72. The lowest BCUT2D eigenvalue weighted by Gasteiger charge is -2.15. The van der Waals surface area contributed by atoms with E-state index in [1.807, 2.05) is 6.07 Å². The molecule has 0 atom stereocenters. The highest BCUT2D eigenvalue weighted by Crippen LogP contribution is 2.25. The maximum absolute atomic E-state index is 11.7. The van der Waals surface area contributed by atoms with Crippen molar-refractivity contribution in [2.24, 2.45) is 0 Å². The number of hydrogen-bond acceptors (Lipinski definition) is 2. The van der Waals surface area contributed by atoms with Crippen LogP contribution in [-0.2, 0) is 4.79 Å². The van der Waals surface area contributed by atoms with Gasteiger partial charge < -0.3 is 10.6 Å². The van der Waals surface area contributed by atoms with E-state index in [2.05, 4.69) is 40.4 Å². The third-order valence-corrected chi connectivity index (χ3v) is 3.61. The van der Waals surface area contributed by atoms with E-state index in [9.17, 15) is 4.79 Å². The minimum absolute atomic E-state index is 0.00514. The first-order valence-electron chi connectivity index (χ1n) is 6.05. The van der Waals surface area contributed by atoms with Crippen molar-refractivity contribution >= 4 is 39.1 Å². The lowest BCUT2D eigenvalue weighted by molar-refractivity contribution is -0.120. The molecule has 0 aliphatic rings. The maximum atomic E-state index is 11.7. The smallest absolute Gasteiger partial charge is 0.239 e. The van der Waals surface area contributed by atoms with E-state index in [0.29, 0.717) is 5.02 Å². The summed E-state index contributed by atoms with van der Waals surface area (Å²) >= 11 is 9.25. The predicted molar refractivity (Wildman–Crippen MR) is 80.2 cm³/mol. The molecule has 0 saturated carbocycles. The lowest BCUT2D eigenvalue weighted by Crippen LogP contribution is -2.37. The molecule has 0 bridgehead atoms. The van der Waals surface area contributed by atoms with Crippen LogP contribution in [0.1, 0.15) is 26.7 Å². The first-order valence-corrected chi connectivity index (χ1v) is 7.22. The normalized spacial score (nSPS) is 10.5. The summed E-state index contributed by atoms with van der Waals surface area (Å²) in [4.78, 5) is 11.7. The standard InChI is InChI=1S/C13H18BrClN2O/c1-3-10(4-2)17-13(18)8-16-12-6-5-9(15)7-11(12)14/h5-7,10,16H,3-4,8H2,1-2H3,(H,17,18). The molecule has 18 heavy (non-hydrogen) atoms. The van der Waals surface area contributed by atoms with Crippen molar-refractivity contribution < 1.29 is 4.79 Å². The van der Waals surface area contributed by atoms with Gasteiger partial charge in [0.15, 0.2) is 0 Å². The van der Waals surface area contributed by atoms with Gasteiger partial charge in [0.05, 0.1) is 6.54 Å². The molecule has 0 heterocycles. The summed E-state index contributed by atoms with van der Waals surface area (Å²) in [5.74, 6) is 0.00514. The summed E-state index contributed by atoms with van der Waals surface area (Å²) < 4.78 is 0.852. The van der Waals surface area contributed by atoms with E-state index >= 15 is 0 Å². The van der Waals surface area contributed by atoms with E-state index in [0.717, 1.165) is 23.0 Å². The van der Waals surface area contributed by atoms with Crippen LogP contribution >= 0.6 is 27.5 Å². The maximum Gasteiger partial charge on any atom is 0.239 e. The van der Waals surface area contributed by atoms with Crippen LogP contribution in [0.2, 0.25) is 5.02 Å². The number of benzene rings is 1. The molecule has 0 radical (unpaired) electrons. The van der Waals surface area contributed by atoms with Gasteiger partial charge in [0.25, 0.3) is 0 Å². The zero-order valence-electron chi connectivity index (χ0n) is 10.6. The molecule has 0 saturated heterocycles. The van der Waals surface area contributed by atoms with Crippen LogP contribution in [-0.4, -0.2) is 18.5 Å². The number of amides is 1. The summed E-state index contributed by atoms with van der Waals surface area (Å²) in [6.07, 6.45) is 1.90. The summed E-state index contributed by atoms with van der Waals surface area (Å²) in [7, 11) is 0. The molecule has 1 amide bonds. The van der Waals surface area contributed by atoms with Crippen LogP contribution in [0, 0.1) is 0 Å². The van der Waals surface area contributed by atoms with Crippen LogP contribution in [0.25, 0.3) is 0 Å². The number of carbonyl (C=O) groups is 1. The fraction of sp³-hybridized carbons (Fsp3) is 0.462. The Labute approximate surface area is 121 Å². The zero-order valence-corrected chi connectivity index (χ0v) is 12.9. The van der Waals surface area contributed by atoms with Gasteiger partial charge >= 0.3 is 0 Å². The summed E-state index contributed by atoms with van der Waals surface area (Å²) in [6.45, 7) is 4.39. The number of carbonyl (C=O) groups excluding carboxylic acids is 1. The molecular weight excluding hydrogens is 316 g/mol. The van der Waals surface area contributed by atoms with Crippen LogP contribution in [0.3, 0.4) is 0 Å². The van der Waals surface area contributed by atoms with Crippen LogP contribution in [0.5, 0.6) is 0 Å². The average Bonchev–Trinajstić information content (AvgIpc) is 2.35. The molecule has 0 aliphatic carbocycles. The molecule has 0 fully saturated rings. The quantitative estimate of drug-likeness (QED) is 0.831. The molecule has 1 aromatic carbocycles. The molecule has 5 heteroatoms. The van der Waals surface area contributed by atoms with Crippen molar-refractivity contribution in [1.29, 1.82) is 0 Å². The van der Waals surface area contributed by atoms with Crippen molar-refractivity contribution in [3.63, 3.8) is 0 Å². The highest BCUT2D eigenvalue weighted by atomic mass is 79.9. The van der Waals surface area contributed by atoms with E-state index in [4.69, 9.17) is 11.6 Å². The Kier molecular flexibility index (Phi) is 6.50. The monoisotopic (exact) mass is 332 g/mol. The van der Waals surface area contributed by atoms with Crippen molar-refractivity contribution in [1.82, 2.24) is 5.32 Å². The van der Waals surface area contributed by atoms with Gasteiger partial charge in [-0.25, -0.2) is 0 Å². The first-order chi connectivity index (χ1) is 8.56. The highest BCUT2D eigenvalue weighted by molar-refractivity contribution is 9.10. The molecule has 1 rings (SSSR count). The van der Waals surface area contributed by atoms with E-state index in [1.54, 1.807) is 12.1 Å². The van der Waals surface area contributed by atoms with Crippen molar-refractivity contribution in [3.05, 3.63) is 27.7 Å². The third kappa shape index (κ3) is 4.86. The number of halogens is 2. The second-order valence-corrected chi connectivity index (χ2v) is 5.35.